The van der Waals surface area contributed by atoms with Crippen LogP contribution in [-0.4, -0.2) is 109 Å². The van der Waals surface area contributed by atoms with Gasteiger partial charge in [0.25, 0.3) is 5.91 Å². The number of aromatic nitrogens is 4. The van der Waals surface area contributed by atoms with Gasteiger partial charge in [-0.25, -0.2) is 15.0 Å². The van der Waals surface area contributed by atoms with Gasteiger partial charge in [-0.15, -0.1) is 0 Å². The van der Waals surface area contributed by atoms with Crippen molar-refractivity contribution in [1.82, 2.24) is 19.5 Å². The molecule has 450 valence electrons. The number of hydrogen-bond donors (Lipinski definition) is 1. The Labute approximate surface area is 502 Å². The number of carbonyl (C=O) groups is 1. The number of ether oxygens (including phenoxy) is 8. The third-order valence-electron chi connectivity index (χ3n) is 16.8. The number of nitrogens with zero attached hydrogens (tertiary/aromatic N) is 5. The number of rotatable bonds is 20. The predicted molar refractivity (Wildman–Crippen MR) is 336 cm³/mol. The van der Waals surface area contributed by atoms with Crippen LogP contribution in [0.1, 0.15) is 75.6 Å². The lowest BCUT2D eigenvalue weighted by Crippen LogP contribution is -2.49. The first-order valence-corrected chi connectivity index (χ1v) is 34.5. The van der Waals surface area contributed by atoms with Crippen molar-refractivity contribution in [3.8, 4) is 28.7 Å². The van der Waals surface area contributed by atoms with E-state index in [1.165, 1.54) is 20.3 Å². The van der Waals surface area contributed by atoms with Crippen molar-refractivity contribution in [2.75, 3.05) is 58.8 Å². The molecule has 4 heterocycles. The highest BCUT2D eigenvalue weighted by Crippen LogP contribution is 2.49. The van der Waals surface area contributed by atoms with Crippen LogP contribution in [0.3, 0.4) is 0 Å². The Bertz CT molecular complexity index is 3360. The Balaban J connectivity index is 1.18. The minimum absolute atomic E-state index is 0.0176. The molecule has 0 aliphatic carbocycles. The van der Waals surface area contributed by atoms with Gasteiger partial charge in [0, 0.05) is 43.6 Å². The monoisotopic (exact) mass is 1190 g/mol. The van der Waals surface area contributed by atoms with E-state index < -0.39 is 52.6 Å². The van der Waals surface area contributed by atoms with Gasteiger partial charge in [0.15, 0.2) is 62.4 Å². The summed E-state index contributed by atoms with van der Waals surface area (Å²) in [5, 5.41) is 3.65. The van der Waals surface area contributed by atoms with Crippen molar-refractivity contribution >= 4 is 45.2 Å². The number of imidazole rings is 1. The normalized spacial score (nSPS) is 18.8. The SMILES string of the molecule is COCOc1cc2c(OCOC)c(c1OC)C/C=C\CO[C@H]1[C@@H](O[Si](C)(C)C(C)(C)C)[C@H](n3cnc4c(NC(c5ccccc5)(c5ccccc5)c5ccccc5)ncnc43)O[C@@H]1/C=C/C(=O)N2Cc1ccc(O[Si](C)(C)C(C)(C)C)cc1OC. The lowest BCUT2D eigenvalue weighted by atomic mass is 9.77. The van der Waals surface area contributed by atoms with Crippen molar-refractivity contribution in [3.05, 3.63) is 180 Å². The molecular formula is C66H82N6O11Si2. The molecule has 4 atom stereocenters. The standard InChI is InChI=1S/C66H82N6O11Si2/c1-64(2,3)84(11,12)82-49-34-33-45(53(38-49)76-9)40-71-51-39-54(79-43-74-7)58(77-10)50(57(51)80-44-75-8)32-24-25-37-78-59-52(35-36-55(71)73)81-63(60(59)83-85(13,14)65(4,5)6)72-42-69-56-61(67-41-68-62(56)72)70-66(46-26-18-15-19-27-46,47-28-20-16-21-29-47)48-30-22-17-23-31-48/h15-31,33-36,38-39,41-42,52,59-60,63H,32,37,40,43-44H2,1-14H3,(H,67,68,70)/b25-24-,36-35+/t52-,59-,60-,63-/m1/s1. The fraction of sp³-hybridized carbons (Fsp3) is 0.394. The van der Waals surface area contributed by atoms with E-state index in [0.29, 0.717) is 62.5 Å². The van der Waals surface area contributed by atoms with Crippen LogP contribution in [0.5, 0.6) is 28.7 Å². The molecule has 85 heavy (non-hydrogen) atoms. The molecule has 19 heteroatoms. The Morgan fingerprint density at radius 1 is 0.694 bits per heavy atom. The molecule has 2 aromatic heterocycles. The molecule has 0 spiro atoms. The Hall–Kier alpha value is -7.37. The van der Waals surface area contributed by atoms with E-state index in [0.717, 1.165) is 16.7 Å². The number of anilines is 2. The van der Waals surface area contributed by atoms with Gasteiger partial charge < -0.3 is 57.0 Å². The number of fused-ring (bicyclic) bond motifs is 4. The zero-order chi connectivity index (χ0) is 60.7. The topological polar surface area (TPSA) is 168 Å². The molecule has 0 radical (unpaired) electrons. The minimum Gasteiger partial charge on any atom is -0.543 e. The summed E-state index contributed by atoms with van der Waals surface area (Å²) < 4.78 is 66.1. The number of carbonyl (C=O) groups excluding carboxylic acids is 1. The van der Waals surface area contributed by atoms with Gasteiger partial charge >= 0.3 is 0 Å². The fourth-order valence-corrected chi connectivity index (χ4v) is 12.6. The highest BCUT2D eigenvalue weighted by Gasteiger charge is 2.52. The van der Waals surface area contributed by atoms with Gasteiger partial charge in [0.1, 0.15) is 41.7 Å². The highest BCUT2D eigenvalue weighted by atomic mass is 28.4. The van der Waals surface area contributed by atoms with Gasteiger partial charge in [0.05, 0.1) is 39.4 Å². The molecule has 0 saturated carbocycles. The number of amides is 1. The maximum atomic E-state index is 15.7. The van der Waals surface area contributed by atoms with Crippen molar-refractivity contribution in [3.63, 3.8) is 0 Å². The van der Waals surface area contributed by atoms with Crippen LogP contribution in [0.25, 0.3) is 11.2 Å². The second kappa shape index (κ2) is 26.1. The van der Waals surface area contributed by atoms with Crippen LogP contribution in [0.15, 0.2) is 152 Å². The van der Waals surface area contributed by atoms with E-state index >= 15 is 4.79 Å². The van der Waals surface area contributed by atoms with Gasteiger partial charge in [-0.1, -0.05) is 145 Å². The van der Waals surface area contributed by atoms with Crippen LogP contribution >= 0.6 is 0 Å². The van der Waals surface area contributed by atoms with Gasteiger partial charge in [-0.2, -0.15) is 0 Å². The average molecular weight is 1190 g/mol. The average Bonchev–Trinajstić information content (AvgIpc) is 1.86. The van der Waals surface area contributed by atoms with Crippen molar-refractivity contribution < 1.29 is 51.5 Å². The number of benzene rings is 5. The maximum Gasteiger partial charge on any atom is 0.251 e. The van der Waals surface area contributed by atoms with E-state index in [4.69, 9.17) is 61.7 Å². The summed E-state index contributed by atoms with van der Waals surface area (Å²) in [6.07, 6.45) is 7.60. The molecule has 1 N–H and O–H groups in total. The van der Waals surface area contributed by atoms with E-state index in [2.05, 4.69) is 109 Å². The minimum atomic E-state index is -2.63. The number of allylic oxidation sites excluding steroid dienone is 1. The summed E-state index contributed by atoms with van der Waals surface area (Å²) >= 11 is 0. The summed E-state index contributed by atoms with van der Waals surface area (Å²) in [5.74, 6) is 2.36. The molecule has 2 aliphatic rings. The highest BCUT2D eigenvalue weighted by molar-refractivity contribution is 6.75. The summed E-state index contributed by atoms with van der Waals surface area (Å²) in [4.78, 5) is 32.2. The Morgan fingerprint density at radius 2 is 1.32 bits per heavy atom. The van der Waals surface area contributed by atoms with Gasteiger partial charge in [0.2, 0.25) is 8.32 Å². The van der Waals surface area contributed by atoms with Gasteiger partial charge in [-0.3, -0.25) is 9.36 Å². The van der Waals surface area contributed by atoms with E-state index in [9.17, 15) is 0 Å². The largest absolute Gasteiger partial charge is 0.543 e. The van der Waals surface area contributed by atoms with Crippen molar-refractivity contribution in [2.24, 2.45) is 0 Å². The second-order valence-electron chi connectivity index (χ2n) is 24.3. The molecule has 1 fully saturated rings. The predicted octanol–water partition coefficient (Wildman–Crippen LogP) is 13.2. The second-order valence-corrected chi connectivity index (χ2v) is 33.8. The first-order chi connectivity index (χ1) is 40.7. The molecule has 17 nitrogen and oxygen atoms in total. The van der Waals surface area contributed by atoms with Crippen molar-refractivity contribution in [2.45, 2.75) is 121 Å². The quantitative estimate of drug-likeness (QED) is 0.0331. The number of methoxy groups -OCH3 is 4. The van der Waals surface area contributed by atoms with E-state index in [-0.39, 0.29) is 43.2 Å². The first-order valence-electron chi connectivity index (χ1n) is 28.7. The molecule has 0 unspecified atom stereocenters. The van der Waals surface area contributed by atoms with Crippen LogP contribution in [0, 0.1) is 0 Å². The van der Waals surface area contributed by atoms with Gasteiger partial charge in [-0.05, 0) is 77.6 Å². The molecule has 7 aromatic rings. The van der Waals surface area contributed by atoms with Crippen LogP contribution in [-0.2, 0) is 46.7 Å². The molecular weight excluding hydrogens is 1110 g/mol. The lowest BCUT2D eigenvalue weighted by molar-refractivity contribution is -0.114. The van der Waals surface area contributed by atoms with E-state index in [1.807, 2.05) is 89.5 Å². The van der Waals surface area contributed by atoms with Crippen molar-refractivity contribution in [1.29, 1.82) is 0 Å². The maximum absolute atomic E-state index is 15.7. The molecule has 5 aromatic carbocycles. The number of hydrogen-bond acceptors (Lipinski definition) is 15. The van der Waals surface area contributed by atoms with E-state index in [1.54, 1.807) is 43.9 Å². The molecule has 1 amide bonds. The molecule has 1 saturated heterocycles. The van der Waals surface area contributed by atoms with Crippen LogP contribution in [0.4, 0.5) is 11.5 Å². The van der Waals surface area contributed by atoms with Crippen LogP contribution in [0.2, 0.25) is 36.3 Å². The fourth-order valence-electron chi connectivity index (χ4n) is 10.3. The molecule has 9 rings (SSSR count). The summed E-state index contributed by atoms with van der Waals surface area (Å²) in [6.45, 7) is 21.9. The third-order valence-corrected chi connectivity index (χ3v) is 25.6. The summed E-state index contributed by atoms with van der Waals surface area (Å²) in [5.41, 5.74) is 4.78. The summed E-state index contributed by atoms with van der Waals surface area (Å²) in [7, 11) is 1.38. The molecule has 2 aliphatic heterocycles. The lowest BCUT2D eigenvalue weighted by Gasteiger charge is -2.40. The first kappa shape index (κ1) is 62.2. The number of nitrogens with one attached hydrogen (secondary N) is 1. The molecule has 2 bridgehead atoms. The smallest absolute Gasteiger partial charge is 0.251 e. The van der Waals surface area contributed by atoms with Crippen LogP contribution < -0.4 is 33.6 Å². The summed E-state index contributed by atoms with van der Waals surface area (Å²) in [6, 6.07) is 38.5. The zero-order valence-corrected chi connectivity index (χ0v) is 53.5. The Morgan fingerprint density at radius 3 is 1.91 bits per heavy atom. The zero-order valence-electron chi connectivity index (χ0n) is 51.5. The third kappa shape index (κ3) is 13.1. The Kier molecular flexibility index (Phi) is 19.1.